The third-order valence-corrected chi connectivity index (χ3v) is 4.96. The van der Waals surface area contributed by atoms with Gasteiger partial charge in [-0.2, -0.15) is 8.42 Å². The molecule has 0 aliphatic carbocycles. The van der Waals surface area contributed by atoms with Gasteiger partial charge in [0, 0.05) is 25.5 Å². The minimum atomic E-state index is -3.64. The van der Waals surface area contributed by atoms with E-state index in [1.54, 1.807) is 24.6 Å². The van der Waals surface area contributed by atoms with Crippen LogP contribution in [0.2, 0.25) is 0 Å². The summed E-state index contributed by atoms with van der Waals surface area (Å²) in [5.41, 5.74) is 2.98. The molecule has 7 heteroatoms. The van der Waals surface area contributed by atoms with Gasteiger partial charge >= 0.3 is 0 Å². The normalized spacial score (nSPS) is 14.8. The molecule has 1 aliphatic heterocycles. The van der Waals surface area contributed by atoms with Gasteiger partial charge in [-0.05, 0) is 43.1 Å². The van der Waals surface area contributed by atoms with Crippen molar-refractivity contribution in [3.63, 3.8) is 0 Å². The summed E-state index contributed by atoms with van der Waals surface area (Å²) in [6.07, 6.45) is 2.49. The van der Waals surface area contributed by atoms with Crippen molar-refractivity contribution in [1.82, 2.24) is 14.9 Å². The van der Waals surface area contributed by atoms with Crippen LogP contribution in [-0.2, 0) is 30.0 Å². The molecule has 3 rings (SSSR count). The fourth-order valence-electron chi connectivity index (χ4n) is 2.41. The second-order valence-corrected chi connectivity index (χ2v) is 6.88. The second-order valence-electron chi connectivity index (χ2n) is 5.25. The average Bonchev–Trinajstić information content (AvgIpc) is 2.79. The second kappa shape index (κ2) is 5.16. The van der Waals surface area contributed by atoms with Crippen molar-refractivity contribution in [2.24, 2.45) is 7.05 Å². The molecule has 0 saturated carbocycles. The number of nitrogens with zero attached hydrogens (tertiary/aromatic N) is 2. The predicted molar refractivity (Wildman–Crippen MR) is 80.6 cm³/mol. The highest BCUT2D eigenvalue weighted by molar-refractivity contribution is 7.92. The molecule has 0 saturated heterocycles. The smallest absolute Gasteiger partial charge is 0.280 e. The molecule has 2 N–H and O–H groups in total. The lowest BCUT2D eigenvalue weighted by Crippen LogP contribution is -2.23. The number of nitrogens with one attached hydrogen (secondary N) is 2. The van der Waals surface area contributed by atoms with E-state index in [0.717, 1.165) is 25.1 Å². The van der Waals surface area contributed by atoms with E-state index >= 15 is 0 Å². The number of anilines is 1. The highest BCUT2D eigenvalue weighted by Gasteiger charge is 2.19. The van der Waals surface area contributed by atoms with Crippen molar-refractivity contribution < 1.29 is 8.42 Å². The summed E-state index contributed by atoms with van der Waals surface area (Å²) in [7, 11) is -1.87. The van der Waals surface area contributed by atoms with E-state index in [2.05, 4.69) is 15.0 Å². The van der Waals surface area contributed by atoms with E-state index in [1.165, 1.54) is 11.8 Å². The van der Waals surface area contributed by atoms with E-state index in [0.29, 0.717) is 11.5 Å². The number of benzene rings is 1. The highest BCUT2D eigenvalue weighted by Crippen LogP contribution is 2.21. The summed E-state index contributed by atoms with van der Waals surface area (Å²) in [4.78, 5) is 4.07. The quantitative estimate of drug-likeness (QED) is 0.892. The summed E-state index contributed by atoms with van der Waals surface area (Å²) in [5.74, 6) is 0.657. The first kappa shape index (κ1) is 14.1. The van der Waals surface area contributed by atoms with Crippen LogP contribution in [0.4, 0.5) is 5.69 Å². The van der Waals surface area contributed by atoms with Crippen molar-refractivity contribution in [2.45, 2.75) is 24.9 Å². The SMILES string of the molecule is Cc1nc(S(=O)(=O)Nc2ccc3c(c2)CNCC3)cn1C. The van der Waals surface area contributed by atoms with Crippen molar-refractivity contribution in [2.75, 3.05) is 11.3 Å². The Balaban J connectivity index is 1.88. The Hall–Kier alpha value is -1.86. The molecule has 1 aromatic carbocycles. The molecular weight excluding hydrogens is 288 g/mol. The maximum Gasteiger partial charge on any atom is 0.280 e. The minimum absolute atomic E-state index is 0.0401. The molecule has 0 spiro atoms. The number of imidazole rings is 1. The van der Waals surface area contributed by atoms with Gasteiger partial charge in [-0.3, -0.25) is 4.72 Å². The van der Waals surface area contributed by atoms with E-state index in [9.17, 15) is 8.42 Å². The number of sulfonamides is 1. The van der Waals surface area contributed by atoms with Gasteiger partial charge in [0.15, 0.2) is 5.03 Å². The number of hydrogen-bond donors (Lipinski definition) is 2. The van der Waals surface area contributed by atoms with Crippen LogP contribution < -0.4 is 10.0 Å². The molecule has 2 heterocycles. The summed E-state index contributed by atoms with van der Waals surface area (Å²) < 4.78 is 28.9. The van der Waals surface area contributed by atoms with Crippen LogP contribution in [0.15, 0.2) is 29.4 Å². The van der Waals surface area contributed by atoms with Crippen LogP contribution >= 0.6 is 0 Å². The van der Waals surface area contributed by atoms with E-state index in [4.69, 9.17) is 0 Å². The van der Waals surface area contributed by atoms with Gasteiger partial charge in [-0.25, -0.2) is 4.98 Å². The summed E-state index contributed by atoms with van der Waals surface area (Å²) in [5, 5.41) is 3.32. The van der Waals surface area contributed by atoms with Gasteiger partial charge in [-0.15, -0.1) is 0 Å². The molecule has 0 unspecified atom stereocenters. The molecule has 0 atom stereocenters. The third kappa shape index (κ3) is 2.79. The van der Waals surface area contributed by atoms with Gasteiger partial charge in [0.25, 0.3) is 10.0 Å². The molecule has 0 bridgehead atoms. The standard InChI is InChI=1S/C14H18N4O2S/c1-10-16-14(9-18(10)2)21(19,20)17-13-4-3-11-5-6-15-8-12(11)7-13/h3-4,7,9,15,17H,5-6,8H2,1-2H3. The molecule has 112 valence electrons. The van der Waals surface area contributed by atoms with Crippen molar-refractivity contribution in [1.29, 1.82) is 0 Å². The lowest BCUT2D eigenvalue weighted by molar-refractivity contribution is 0.598. The highest BCUT2D eigenvalue weighted by atomic mass is 32.2. The summed E-state index contributed by atoms with van der Waals surface area (Å²) in [6, 6.07) is 5.67. The Morgan fingerprint density at radius 3 is 2.86 bits per heavy atom. The van der Waals surface area contributed by atoms with Crippen LogP contribution in [0.25, 0.3) is 0 Å². The van der Waals surface area contributed by atoms with Crippen LogP contribution in [0.3, 0.4) is 0 Å². The lowest BCUT2D eigenvalue weighted by Gasteiger charge is -2.18. The Morgan fingerprint density at radius 2 is 2.14 bits per heavy atom. The van der Waals surface area contributed by atoms with Crippen LogP contribution in [0.5, 0.6) is 0 Å². The summed E-state index contributed by atoms with van der Waals surface area (Å²) >= 11 is 0. The molecule has 1 aliphatic rings. The molecule has 2 aromatic rings. The number of hydrogen-bond acceptors (Lipinski definition) is 4. The first-order valence-electron chi connectivity index (χ1n) is 6.81. The average molecular weight is 306 g/mol. The number of rotatable bonds is 3. The zero-order chi connectivity index (χ0) is 15.0. The van der Waals surface area contributed by atoms with Crippen molar-refractivity contribution in [3.8, 4) is 0 Å². The molecule has 21 heavy (non-hydrogen) atoms. The Kier molecular flexibility index (Phi) is 3.46. The largest absolute Gasteiger partial charge is 0.337 e. The predicted octanol–water partition coefficient (Wildman–Crippen LogP) is 1.18. The molecule has 0 amide bonds. The molecule has 0 fully saturated rings. The van der Waals surface area contributed by atoms with Crippen molar-refractivity contribution in [3.05, 3.63) is 41.3 Å². The van der Waals surface area contributed by atoms with Crippen molar-refractivity contribution >= 4 is 15.7 Å². The number of aryl methyl sites for hydroxylation is 2. The minimum Gasteiger partial charge on any atom is -0.337 e. The van der Waals surface area contributed by atoms with Crippen LogP contribution in [0, 0.1) is 6.92 Å². The number of aromatic nitrogens is 2. The summed E-state index contributed by atoms with van der Waals surface area (Å²) in [6.45, 7) is 3.50. The molecular formula is C14H18N4O2S. The van der Waals surface area contributed by atoms with E-state index < -0.39 is 10.0 Å². The Labute approximate surface area is 124 Å². The van der Waals surface area contributed by atoms with Gasteiger partial charge in [-0.1, -0.05) is 6.07 Å². The van der Waals surface area contributed by atoms with Gasteiger partial charge in [0.1, 0.15) is 5.82 Å². The Bertz CT molecular complexity index is 761. The fourth-order valence-corrected chi connectivity index (χ4v) is 3.50. The lowest BCUT2D eigenvalue weighted by atomic mass is 10.0. The van der Waals surface area contributed by atoms with Crippen LogP contribution in [0.1, 0.15) is 17.0 Å². The Morgan fingerprint density at radius 1 is 1.33 bits per heavy atom. The van der Waals surface area contributed by atoms with Crippen LogP contribution in [-0.4, -0.2) is 24.5 Å². The van der Waals surface area contributed by atoms with Gasteiger partial charge in [0.2, 0.25) is 0 Å². The maximum absolute atomic E-state index is 12.3. The molecule has 0 radical (unpaired) electrons. The first-order valence-corrected chi connectivity index (χ1v) is 8.29. The number of fused-ring (bicyclic) bond motifs is 1. The molecule has 6 nitrogen and oxygen atoms in total. The zero-order valence-corrected chi connectivity index (χ0v) is 12.9. The zero-order valence-electron chi connectivity index (χ0n) is 12.0. The monoisotopic (exact) mass is 306 g/mol. The van der Waals surface area contributed by atoms with Gasteiger partial charge < -0.3 is 9.88 Å². The van der Waals surface area contributed by atoms with E-state index in [-0.39, 0.29) is 5.03 Å². The topological polar surface area (TPSA) is 76.0 Å². The first-order chi connectivity index (χ1) is 9.95. The molecule has 1 aromatic heterocycles. The third-order valence-electron chi connectivity index (χ3n) is 3.71. The van der Waals surface area contributed by atoms with Gasteiger partial charge in [0.05, 0.1) is 0 Å². The fraction of sp³-hybridized carbons (Fsp3) is 0.357. The maximum atomic E-state index is 12.3. The van der Waals surface area contributed by atoms with E-state index in [1.807, 2.05) is 12.1 Å².